The predicted octanol–water partition coefficient (Wildman–Crippen LogP) is 1.27. The number of aromatic amines is 1. The highest BCUT2D eigenvalue weighted by Gasteiger charge is 2.19. The zero-order valence-corrected chi connectivity index (χ0v) is 5.93. The van der Waals surface area contributed by atoms with Crippen molar-refractivity contribution >= 4 is 0 Å². The van der Waals surface area contributed by atoms with Crippen molar-refractivity contribution in [2.24, 2.45) is 0 Å². The van der Waals surface area contributed by atoms with Gasteiger partial charge in [-0.15, -0.1) is 0 Å². The van der Waals surface area contributed by atoms with Crippen LogP contribution in [0.4, 0.5) is 0 Å². The summed E-state index contributed by atoms with van der Waals surface area (Å²) in [4.78, 5) is 3.16. The fourth-order valence-electron chi connectivity index (χ4n) is 1.02. The topological polar surface area (TPSA) is 27.8 Å². The Bertz CT molecular complexity index is 187. The summed E-state index contributed by atoms with van der Waals surface area (Å²) >= 11 is 0. The van der Waals surface area contributed by atoms with Crippen LogP contribution in [0, 0.1) is 0 Å². The Labute approximate surface area is 60.6 Å². The third-order valence-electron chi connectivity index (χ3n) is 1.82. The SMILES string of the molecule is c1c[nH]c(CNC2CC2)c1. The Kier molecular flexibility index (Phi) is 1.47. The molecule has 0 atom stereocenters. The van der Waals surface area contributed by atoms with E-state index in [0.29, 0.717) is 0 Å². The van der Waals surface area contributed by atoms with Crippen LogP contribution in [0.1, 0.15) is 18.5 Å². The van der Waals surface area contributed by atoms with Gasteiger partial charge in [0.1, 0.15) is 0 Å². The second-order valence-corrected chi connectivity index (χ2v) is 2.85. The van der Waals surface area contributed by atoms with Crippen molar-refractivity contribution in [3.05, 3.63) is 24.0 Å². The fraction of sp³-hybridized carbons (Fsp3) is 0.500. The number of nitrogens with one attached hydrogen (secondary N) is 2. The van der Waals surface area contributed by atoms with Crippen LogP contribution in [0.25, 0.3) is 0 Å². The maximum Gasteiger partial charge on any atom is 0.0359 e. The lowest BCUT2D eigenvalue weighted by molar-refractivity contribution is 0.677. The summed E-state index contributed by atoms with van der Waals surface area (Å²) in [6, 6.07) is 4.95. The van der Waals surface area contributed by atoms with E-state index in [0.717, 1.165) is 12.6 Å². The highest BCUT2D eigenvalue weighted by atomic mass is 15.0. The van der Waals surface area contributed by atoms with Crippen molar-refractivity contribution in [2.75, 3.05) is 0 Å². The van der Waals surface area contributed by atoms with Crippen molar-refractivity contribution in [1.29, 1.82) is 0 Å². The molecule has 0 aromatic carbocycles. The monoisotopic (exact) mass is 136 g/mol. The number of hydrogen-bond donors (Lipinski definition) is 2. The average Bonchev–Trinajstić information content (AvgIpc) is 2.63. The van der Waals surface area contributed by atoms with Gasteiger partial charge in [-0.1, -0.05) is 0 Å². The maximum absolute atomic E-state index is 3.43. The third kappa shape index (κ3) is 1.39. The molecule has 1 aromatic heterocycles. The number of rotatable bonds is 3. The van der Waals surface area contributed by atoms with Gasteiger partial charge in [-0.25, -0.2) is 0 Å². The van der Waals surface area contributed by atoms with E-state index in [2.05, 4.69) is 16.4 Å². The van der Waals surface area contributed by atoms with E-state index in [-0.39, 0.29) is 0 Å². The van der Waals surface area contributed by atoms with E-state index in [9.17, 15) is 0 Å². The molecule has 10 heavy (non-hydrogen) atoms. The largest absolute Gasteiger partial charge is 0.364 e. The first kappa shape index (κ1) is 5.98. The molecule has 1 fully saturated rings. The second kappa shape index (κ2) is 2.46. The van der Waals surface area contributed by atoms with Crippen LogP contribution in [-0.4, -0.2) is 11.0 Å². The van der Waals surface area contributed by atoms with Crippen LogP contribution in [0.5, 0.6) is 0 Å². The summed E-state index contributed by atoms with van der Waals surface area (Å²) in [5.41, 5.74) is 1.28. The van der Waals surface area contributed by atoms with Gasteiger partial charge in [0.15, 0.2) is 0 Å². The second-order valence-electron chi connectivity index (χ2n) is 2.85. The Morgan fingerprint density at radius 3 is 3.10 bits per heavy atom. The molecule has 0 saturated heterocycles. The molecular weight excluding hydrogens is 124 g/mol. The number of hydrogen-bond acceptors (Lipinski definition) is 1. The molecule has 2 heteroatoms. The number of H-pyrrole nitrogens is 1. The normalized spacial score (nSPS) is 17.6. The Hall–Kier alpha value is -0.760. The van der Waals surface area contributed by atoms with E-state index in [4.69, 9.17) is 0 Å². The first-order valence-electron chi connectivity index (χ1n) is 3.81. The third-order valence-corrected chi connectivity index (χ3v) is 1.82. The maximum atomic E-state index is 3.43. The fourth-order valence-corrected chi connectivity index (χ4v) is 1.02. The minimum Gasteiger partial charge on any atom is -0.364 e. The molecule has 2 rings (SSSR count). The summed E-state index contributed by atoms with van der Waals surface area (Å²) in [7, 11) is 0. The van der Waals surface area contributed by atoms with Gasteiger partial charge in [0.25, 0.3) is 0 Å². The van der Waals surface area contributed by atoms with Gasteiger partial charge >= 0.3 is 0 Å². The molecular formula is C8H12N2. The summed E-state index contributed by atoms with van der Waals surface area (Å²) in [5, 5.41) is 3.43. The molecule has 1 aromatic rings. The van der Waals surface area contributed by atoms with Crippen LogP contribution in [0.3, 0.4) is 0 Å². The van der Waals surface area contributed by atoms with E-state index < -0.39 is 0 Å². The van der Waals surface area contributed by atoms with Crippen LogP contribution in [0.15, 0.2) is 18.3 Å². The molecule has 2 nitrogen and oxygen atoms in total. The molecule has 0 unspecified atom stereocenters. The molecule has 1 aliphatic rings. The van der Waals surface area contributed by atoms with Gasteiger partial charge in [0, 0.05) is 24.5 Å². The van der Waals surface area contributed by atoms with E-state index in [1.807, 2.05) is 12.3 Å². The first-order chi connectivity index (χ1) is 4.95. The molecule has 0 radical (unpaired) electrons. The molecule has 2 N–H and O–H groups in total. The molecule has 1 aliphatic carbocycles. The van der Waals surface area contributed by atoms with Gasteiger partial charge in [-0.05, 0) is 25.0 Å². The van der Waals surface area contributed by atoms with Gasteiger partial charge in [-0.2, -0.15) is 0 Å². The van der Waals surface area contributed by atoms with Crippen LogP contribution in [0.2, 0.25) is 0 Å². The minimum absolute atomic E-state index is 0.809. The zero-order chi connectivity index (χ0) is 6.81. The zero-order valence-electron chi connectivity index (χ0n) is 5.93. The van der Waals surface area contributed by atoms with Crippen molar-refractivity contribution in [1.82, 2.24) is 10.3 Å². The standard InChI is InChI=1S/C8H12N2/c1-2-8(9-5-1)6-10-7-3-4-7/h1-2,5,7,9-10H,3-4,6H2. The molecule has 0 amide bonds. The molecule has 0 aliphatic heterocycles. The van der Waals surface area contributed by atoms with Crippen LogP contribution < -0.4 is 5.32 Å². The first-order valence-corrected chi connectivity index (χ1v) is 3.81. The smallest absolute Gasteiger partial charge is 0.0359 e. The number of aromatic nitrogens is 1. The summed E-state index contributed by atoms with van der Waals surface area (Å²) in [6.07, 6.45) is 4.69. The Morgan fingerprint density at radius 2 is 2.50 bits per heavy atom. The molecule has 0 bridgehead atoms. The summed E-state index contributed by atoms with van der Waals surface area (Å²) < 4.78 is 0. The highest BCUT2D eigenvalue weighted by Crippen LogP contribution is 2.18. The lowest BCUT2D eigenvalue weighted by atomic mass is 10.4. The van der Waals surface area contributed by atoms with Crippen LogP contribution in [-0.2, 0) is 6.54 Å². The minimum atomic E-state index is 0.809. The quantitative estimate of drug-likeness (QED) is 0.643. The van der Waals surface area contributed by atoms with Crippen molar-refractivity contribution in [2.45, 2.75) is 25.4 Å². The van der Waals surface area contributed by atoms with Crippen molar-refractivity contribution in [3.8, 4) is 0 Å². The summed E-state index contributed by atoms with van der Waals surface area (Å²) in [5.74, 6) is 0. The van der Waals surface area contributed by atoms with E-state index >= 15 is 0 Å². The van der Waals surface area contributed by atoms with Gasteiger partial charge in [0.2, 0.25) is 0 Å². The predicted molar refractivity (Wildman–Crippen MR) is 40.7 cm³/mol. The van der Waals surface area contributed by atoms with E-state index in [1.54, 1.807) is 0 Å². The molecule has 0 spiro atoms. The molecule has 1 heterocycles. The Morgan fingerprint density at radius 1 is 1.60 bits per heavy atom. The van der Waals surface area contributed by atoms with Crippen molar-refractivity contribution in [3.63, 3.8) is 0 Å². The van der Waals surface area contributed by atoms with Crippen LogP contribution >= 0.6 is 0 Å². The van der Waals surface area contributed by atoms with Gasteiger partial charge in [-0.3, -0.25) is 0 Å². The average molecular weight is 136 g/mol. The van der Waals surface area contributed by atoms with Gasteiger partial charge in [0.05, 0.1) is 0 Å². The Balaban J connectivity index is 1.79. The van der Waals surface area contributed by atoms with Gasteiger partial charge < -0.3 is 10.3 Å². The summed E-state index contributed by atoms with van der Waals surface area (Å²) in [6.45, 7) is 0.998. The molecule has 1 saturated carbocycles. The molecule has 54 valence electrons. The lowest BCUT2D eigenvalue weighted by Gasteiger charge is -1.97. The van der Waals surface area contributed by atoms with Crippen molar-refractivity contribution < 1.29 is 0 Å². The van der Waals surface area contributed by atoms with E-state index in [1.165, 1.54) is 18.5 Å². The lowest BCUT2D eigenvalue weighted by Crippen LogP contribution is -2.15. The highest BCUT2D eigenvalue weighted by molar-refractivity contribution is 5.03.